The largest absolute Gasteiger partial charge is 0.495 e. The number of ether oxygens (including phenoxy) is 1. The molecule has 0 radical (unpaired) electrons. The van der Waals surface area contributed by atoms with Crippen LogP contribution in [0.5, 0.6) is 5.75 Å². The van der Waals surface area contributed by atoms with Crippen LogP contribution in [0.3, 0.4) is 0 Å². The van der Waals surface area contributed by atoms with Crippen molar-refractivity contribution in [3.63, 3.8) is 0 Å². The Balaban J connectivity index is 1.43. The van der Waals surface area contributed by atoms with Gasteiger partial charge in [0.1, 0.15) is 5.75 Å². The second-order valence-corrected chi connectivity index (χ2v) is 7.60. The average molecular weight is 360 g/mol. The molecule has 0 atom stereocenters. The number of amides is 1. The van der Waals surface area contributed by atoms with Crippen molar-refractivity contribution in [1.29, 1.82) is 0 Å². The molecule has 1 aliphatic heterocycles. The van der Waals surface area contributed by atoms with Crippen molar-refractivity contribution >= 4 is 11.6 Å². The Kier molecular flexibility index (Phi) is 6.78. The van der Waals surface area contributed by atoms with E-state index in [-0.39, 0.29) is 5.92 Å². The molecular formula is C21H33N3O2. The smallest absolute Gasteiger partial charge is 0.225 e. The van der Waals surface area contributed by atoms with Crippen molar-refractivity contribution < 1.29 is 9.53 Å². The number of carbonyl (C=O) groups is 1. The molecule has 144 valence electrons. The van der Waals surface area contributed by atoms with Gasteiger partial charge in [0.2, 0.25) is 5.91 Å². The van der Waals surface area contributed by atoms with E-state index in [1.807, 2.05) is 24.1 Å². The molecule has 1 saturated carbocycles. The minimum absolute atomic E-state index is 0.274. The Hall–Kier alpha value is -1.75. The van der Waals surface area contributed by atoms with Crippen LogP contribution in [-0.4, -0.2) is 69.1 Å². The van der Waals surface area contributed by atoms with Gasteiger partial charge >= 0.3 is 0 Å². The number of hydrogen-bond acceptors (Lipinski definition) is 4. The summed E-state index contributed by atoms with van der Waals surface area (Å²) in [5.41, 5.74) is 1.18. The van der Waals surface area contributed by atoms with E-state index >= 15 is 0 Å². The lowest BCUT2D eigenvalue weighted by molar-refractivity contribution is -0.135. The Labute approximate surface area is 157 Å². The highest BCUT2D eigenvalue weighted by Crippen LogP contribution is 2.28. The summed E-state index contributed by atoms with van der Waals surface area (Å²) in [6, 6.07) is 8.23. The summed E-state index contributed by atoms with van der Waals surface area (Å²) in [6.45, 7) is 5.87. The standard InChI is InChI=1S/C21H33N3O2/c1-22(21(25)18-8-4-3-5-9-18)12-13-23-14-16-24(17-15-23)19-10-6-7-11-20(19)26-2/h6-7,10-11,18H,3-5,8-9,12-17H2,1-2H3. The summed E-state index contributed by atoms with van der Waals surface area (Å²) in [6.07, 6.45) is 5.90. The minimum Gasteiger partial charge on any atom is -0.495 e. The van der Waals surface area contributed by atoms with Gasteiger partial charge in [0, 0.05) is 52.2 Å². The van der Waals surface area contributed by atoms with Crippen molar-refractivity contribution in [2.45, 2.75) is 32.1 Å². The van der Waals surface area contributed by atoms with E-state index in [4.69, 9.17) is 4.74 Å². The zero-order chi connectivity index (χ0) is 18.4. The average Bonchev–Trinajstić information content (AvgIpc) is 2.72. The van der Waals surface area contributed by atoms with Gasteiger partial charge in [-0.1, -0.05) is 31.4 Å². The normalized spacial score (nSPS) is 19.4. The molecule has 1 amide bonds. The number of carbonyl (C=O) groups excluding carboxylic acids is 1. The van der Waals surface area contributed by atoms with Gasteiger partial charge in [-0.05, 0) is 25.0 Å². The predicted octanol–water partition coefficient (Wildman–Crippen LogP) is 2.86. The molecule has 3 rings (SSSR count). The summed E-state index contributed by atoms with van der Waals surface area (Å²) in [5, 5.41) is 0. The van der Waals surface area contributed by atoms with Gasteiger partial charge in [-0.25, -0.2) is 0 Å². The van der Waals surface area contributed by atoms with Crippen LogP contribution in [-0.2, 0) is 4.79 Å². The number of rotatable bonds is 6. The maximum absolute atomic E-state index is 12.6. The fraction of sp³-hybridized carbons (Fsp3) is 0.667. The molecule has 1 aromatic carbocycles. The second-order valence-electron chi connectivity index (χ2n) is 7.60. The maximum atomic E-state index is 12.6. The fourth-order valence-corrected chi connectivity index (χ4v) is 4.17. The van der Waals surface area contributed by atoms with Crippen LogP contribution in [0.2, 0.25) is 0 Å². The number of methoxy groups -OCH3 is 1. The van der Waals surface area contributed by atoms with Gasteiger partial charge in [0.15, 0.2) is 0 Å². The van der Waals surface area contributed by atoms with Gasteiger partial charge in [-0.2, -0.15) is 0 Å². The maximum Gasteiger partial charge on any atom is 0.225 e. The molecule has 1 heterocycles. The lowest BCUT2D eigenvalue weighted by atomic mass is 9.88. The monoisotopic (exact) mass is 359 g/mol. The van der Waals surface area contributed by atoms with Crippen LogP contribution in [0.1, 0.15) is 32.1 Å². The molecule has 1 saturated heterocycles. The molecule has 0 bridgehead atoms. The first-order chi connectivity index (χ1) is 12.7. The summed E-state index contributed by atoms with van der Waals surface area (Å²) >= 11 is 0. The van der Waals surface area contributed by atoms with Crippen molar-refractivity contribution in [3.05, 3.63) is 24.3 Å². The molecule has 2 fully saturated rings. The molecule has 5 nitrogen and oxygen atoms in total. The Morgan fingerprint density at radius 3 is 2.50 bits per heavy atom. The highest BCUT2D eigenvalue weighted by molar-refractivity contribution is 5.78. The Bertz CT molecular complexity index is 578. The van der Waals surface area contributed by atoms with E-state index in [9.17, 15) is 4.79 Å². The van der Waals surface area contributed by atoms with Crippen LogP contribution < -0.4 is 9.64 Å². The molecule has 0 spiro atoms. The number of anilines is 1. The number of likely N-dealkylation sites (N-methyl/N-ethyl adjacent to an activating group) is 1. The fourth-order valence-electron chi connectivity index (χ4n) is 4.17. The molecule has 26 heavy (non-hydrogen) atoms. The lowest BCUT2D eigenvalue weighted by Crippen LogP contribution is -2.49. The topological polar surface area (TPSA) is 36.0 Å². The van der Waals surface area contributed by atoms with Crippen molar-refractivity contribution in [2.75, 3.05) is 58.3 Å². The third-order valence-electron chi connectivity index (χ3n) is 5.88. The first kappa shape index (κ1) is 19.0. The summed E-state index contributed by atoms with van der Waals surface area (Å²) in [7, 11) is 3.70. The second kappa shape index (κ2) is 9.26. The molecule has 2 aliphatic rings. The third kappa shape index (κ3) is 4.70. The van der Waals surface area contributed by atoms with E-state index in [0.717, 1.165) is 57.9 Å². The van der Waals surface area contributed by atoms with Gasteiger partial charge in [0.25, 0.3) is 0 Å². The molecule has 1 aliphatic carbocycles. The zero-order valence-corrected chi connectivity index (χ0v) is 16.3. The molecule has 0 unspecified atom stereocenters. The first-order valence-electron chi connectivity index (χ1n) is 10.0. The SMILES string of the molecule is COc1ccccc1N1CCN(CCN(C)C(=O)C2CCCCC2)CC1. The number of para-hydroxylation sites is 2. The molecule has 0 aromatic heterocycles. The first-order valence-corrected chi connectivity index (χ1v) is 10.0. The van der Waals surface area contributed by atoms with E-state index in [1.54, 1.807) is 7.11 Å². The van der Waals surface area contributed by atoms with Gasteiger partial charge < -0.3 is 14.5 Å². The lowest BCUT2D eigenvalue weighted by Gasteiger charge is -2.37. The van der Waals surface area contributed by atoms with Gasteiger partial charge in [0.05, 0.1) is 12.8 Å². The predicted molar refractivity (Wildman–Crippen MR) is 106 cm³/mol. The molecule has 1 aromatic rings. The van der Waals surface area contributed by atoms with Crippen LogP contribution in [0.15, 0.2) is 24.3 Å². The minimum atomic E-state index is 0.274. The quantitative estimate of drug-likeness (QED) is 0.782. The van der Waals surface area contributed by atoms with Crippen molar-refractivity contribution in [2.24, 2.45) is 5.92 Å². The van der Waals surface area contributed by atoms with Crippen LogP contribution in [0.4, 0.5) is 5.69 Å². The molecule has 0 N–H and O–H groups in total. The van der Waals surface area contributed by atoms with Crippen molar-refractivity contribution in [1.82, 2.24) is 9.80 Å². The van der Waals surface area contributed by atoms with Crippen LogP contribution in [0.25, 0.3) is 0 Å². The third-order valence-corrected chi connectivity index (χ3v) is 5.88. The van der Waals surface area contributed by atoms with E-state index in [0.29, 0.717) is 5.91 Å². The summed E-state index contributed by atoms with van der Waals surface area (Å²) in [4.78, 5) is 19.4. The van der Waals surface area contributed by atoms with Gasteiger partial charge in [-0.3, -0.25) is 9.69 Å². The van der Waals surface area contributed by atoms with E-state index < -0.39 is 0 Å². The molecule has 5 heteroatoms. The Morgan fingerprint density at radius 1 is 1.12 bits per heavy atom. The molecular weight excluding hydrogens is 326 g/mol. The summed E-state index contributed by atoms with van der Waals surface area (Å²) in [5.74, 6) is 1.58. The van der Waals surface area contributed by atoms with Gasteiger partial charge in [-0.15, -0.1) is 0 Å². The van der Waals surface area contributed by atoms with Crippen molar-refractivity contribution in [3.8, 4) is 5.75 Å². The number of benzene rings is 1. The number of nitrogens with zero attached hydrogens (tertiary/aromatic N) is 3. The van der Waals surface area contributed by atoms with E-state index in [1.165, 1.54) is 24.9 Å². The zero-order valence-electron chi connectivity index (χ0n) is 16.3. The number of piperazine rings is 1. The van der Waals surface area contributed by atoms with E-state index in [2.05, 4.69) is 21.9 Å². The summed E-state index contributed by atoms with van der Waals surface area (Å²) < 4.78 is 5.49. The van der Waals surface area contributed by atoms with Crippen LogP contribution in [0, 0.1) is 5.92 Å². The van der Waals surface area contributed by atoms with Crippen LogP contribution >= 0.6 is 0 Å². The Morgan fingerprint density at radius 2 is 1.81 bits per heavy atom. The highest BCUT2D eigenvalue weighted by Gasteiger charge is 2.25. The number of hydrogen-bond donors (Lipinski definition) is 0. The highest BCUT2D eigenvalue weighted by atomic mass is 16.5.